The van der Waals surface area contributed by atoms with Gasteiger partial charge in [0.05, 0.1) is 12.6 Å². The third-order valence-corrected chi connectivity index (χ3v) is 2.77. The Kier molecular flexibility index (Phi) is 2.74. The summed E-state index contributed by atoms with van der Waals surface area (Å²) in [5.41, 5.74) is 5.63. The maximum Gasteiger partial charge on any atom is 0.246 e. The lowest BCUT2D eigenvalue weighted by Crippen LogP contribution is -2.50. The summed E-state index contributed by atoms with van der Waals surface area (Å²) in [6.07, 6.45) is 4.17. The maximum absolute atomic E-state index is 11.7. The van der Waals surface area contributed by atoms with Crippen LogP contribution in [-0.4, -0.2) is 32.3 Å². The number of aromatic nitrogens is 2. The lowest BCUT2D eigenvalue weighted by molar-refractivity contribution is -0.150. The van der Waals surface area contributed by atoms with Crippen molar-refractivity contribution < 1.29 is 9.59 Å². The smallest absolute Gasteiger partial charge is 0.246 e. The summed E-state index contributed by atoms with van der Waals surface area (Å²) in [5.74, 6) is 0.199. The maximum atomic E-state index is 11.7. The van der Waals surface area contributed by atoms with Crippen molar-refractivity contribution in [3.05, 3.63) is 18.2 Å². The third-order valence-electron chi connectivity index (χ3n) is 2.77. The molecule has 0 unspecified atom stereocenters. The number of hydrogen-bond acceptors (Lipinski definition) is 4. The van der Waals surface area contributed by atoms with Crippen LogP contribution in [0, 0.1) is 0 Å². The van der Waals surface area contributed by atoms with E-state index in [9.17, 15) is 9.59 Å². The van der Waals surface area contributed by atoms with Gasteiger partial charge in [0.2, 0.25) is 11.8 Å². The number of imide groups is 1. The van der Waals surface area contributed by atoms with Gasteiger partial charge in [-0.05, 0) is 6.42 Å². The molecule has 2 amide bonds. The fraction of sp³-hybridized carbons (Fsp3) is 0.500. The molecule has 16 heavy (non-hydrogen) atoms. The number of piperidine rings is 1. The van der Waals surface area contributed by atoms with E-state index in [0.717, 1.165) is 0 Å². The SMILES string of the molecule is Cn1ccnc1CN1C(=O)CC[C@H](N)C1=O. The quantitative estimate of drug-likeness (QED) is 0.677. The Morgan fingerprint density at radius 3 is 2.94 bits per heavy atom. The molecule has 0 aliphatic carbocycles. The highest BCUT2D eigenvalue weighted by atomic mass is 16.2. The van der Waals surface area contributed by atoms with Gasteiger partial charge in [-0.25, -0.2) is 4.98 Å². The molecular weight excluding hydrogens is 208 g/mol. The molecule has 0 spiro atoms. The fourth-order valence-electron chi connectivity index (χ4n) is 1.72. The van der Waals surface area contributed by atoms with Crippen molar-refractivity contribution in [2.75, 3.05) is 0 Å². The number of nitrogens with two attached hydrogens (primary N) is 1. The van der Waals surface area contributed by atoms with Crippen molar-refractivity contribution in [1.29, 1.82) is 0 Å². The first-order chi connectivity index (χ1) is 7.59. The Morgan fingerprint density at radius 1 is 1.56 bits per heavy atom. The molecule has 6 heteroatoms. The topological polar surface area (TPSA) is 81.2 Å². The Morgan fingerprint density at radius 2 is 2.31 bits per heavy atom. The molecule has 0 saturated carbocycles. The van der Waals surface area contributed by atoms with Crippen molar-refractivity contribution >= 4 is 11.8 Å². The van der Waals surface area contributed by atoms with Gasteiger partial charge in [-0.15, -0.1) is 0 Å². The summed E-state index contributed by atoms with van der Waals surface area (Å²) in [7, 11) is 1.82. The second-order valence-electron chi connectivity index (χ2n) is 3.92. The lowest BCUT2D eigenvalue weighted by atomic mass is 10.1. The number of hydrogen-bond donors (Lipinski definition) is 1. The largest absolute Gasteiger partial charge is 0.337 e. The van der Waals surface area contributed by atoms with Crippen molar-refractivity contribution in [1.82, 2.24) is 14.5 Å². The average molecular weight is 222 g/mol. The van der Waals surface area contributed by atoms with E-state index >= 15 is 0 Å². The van der Waals surface area contributed by atoms with E-state index in [-0.39, 0.29) is 18.4 Å². The van der Waals surface area contributed by atoms with E-state index in [1.54, 1.807) is 17.0 Å². The summed E-state index contributed by atoms with van der Waals surface area (Å²) in [5, 5.41) is 0. The molecule has 1 aromatic heterocycles. The molecule has 0 aromatic carbocycles. The highest BCUT2D eigenvalue weighted by Crippen LogP contribution is 2.14. The molecule has 0 bridgehead atoms. The van der Waals surface area contributed by atoms with E-state index in [4.69, 9.17) is 5.73 Å². The lowest BCUT2D eigenvalue weighted by Gasteiger charge is -2.28. The fourth-order valence-corrected chi connectivity index (χ4v) is 1.72. The van der Waals surface area contributed by atoms with Crippen LogP contribution >= 0.6 is 0 Å². The molecule has 86 valence electrons. The monoisotopic (exact) mass is 222 g/mol. The highest BCUT2D eigenvalue weighted by molar-refractivity contribution is 6.00. The van der Waals surface area contributed by atoms with E-state index in [0.29, 0.717) is 18.7 Å². The number of carbonyl (C=O) groups excluding carboxylic acids is 2. The van der Waals surface area contributed by atoms with E-state index in [2.05, 4.69) is 4.98 Å². The van der Waals surface area contributed by atoms with Gasteiger partial charge in [0.1, 0.15) is 5.82 Å². The normalized spacial score (nSPS) is 21.6. The van der Waals surface area contributed by atoms with Crippen molar-refractivity contribution in [3.63, 3.8) is 0 Å². The van der Waals surface area contributed by atoms with Crippen molar-refractivity contribution in [2.45, 2.75) is 25.4 Å². The average Bonchev–Trinajstić information content (AvgIpc) is 2.65. The Hall–Kier alpha value is -1.69. The molecule has 6 nitrogen and oxygen atoms in total. The zero-order valence-corrected chi connectivity index (χ0v) is 9.09. The first kappa shape index (κ1) is 10.8. The van der Waals surface area contributed by atoms with Crippen LogP contribution in [0.5, 0.6) is 0 Å². The van der Waals surface area contributed by atoms with Crippen LogP contribution in [0.15, 0.2) is 12.4 Å². The van der Waals surface area contributed by atoms with Gasteiger partial charge in [0.15, 0.2) is 0 Å². The third kappa shape index (κ3) is 1.83. The minimum atomic E-state index is -0.557. The number of rotatable bonds is 2. The van der Waals surface area contributed by atoms with Crippen LogP contribution in [0.1, 0.15) is 18.7 Å². The summed E-state index contributed by atoms with van der Waals surface area (Å²) >= 11 is 0. The minimum absolute atomic E-state index is 0.172. The molecule has 2 rings (SSSR count). The van der Waals surface area contributed by atoms with Gasteiger partial charge in [0, 0.05) is 25.9 Å². The molecule has 1 fully saturated rings. The van der Waals surface area contributed by atoms with Gasteiger partial charge in [-0.2, -0.15) is 0 Å². The van der Waals surface area contributed by atoms with Gasteiger partial charge in [0.25, 0.3) is 0 Å². The molecule has 1 atom stereocenters. The second kappa shape index (κ2) is 4.05. The minimum Gasteiger partial charge on any atom is -0.337 e. The van der Waals surface area contributed by atoms with Gasteiger partial charge in [-0.3, -0.25) is 14.5 Å². The van der Waals surface area contributed by atoms with E-state index in [1.165, 1.54) is 4.90 Å². The summed E-state index contributed by atoms with van der Waals surface area (Å²) in [4.78, 5) is 28.6. The number of carbonyl (C=O) groups is 2. The first-order valence-corrected chi connectivity index (χ1v) is 5.15. The van der Waals surface area contributed by atoms with Crippen LogP contribution < -0.4 is 5.73 Å². The van der Waals surface area contributed by atoms with Gasteiger partial charge >= 0.3 is 0 Å². The predicted octanol–water partition coefficient (Wildman–Crippen LogP) is -0.604. The van der Waals surface area contributed by atoms with E-state index in [1.807, 2.05) is 7.05 Å². The Bertz CT molecular complexity index is 426. The molecule has 1 aliphatic rings. The van der Waals surface area contributed by atoms with Crippen LogP contribution in [-0.2, 0) is 23.2 Å². The first-order valence-electron chi connectivity index (χ1n) is 5.15. The second-order valence-corrected chi connectivity index (χ2v) is 3.92. The zero-order valence-electron chi connectivity index (χ0n) is 9.09. The van der Waals surface area contributed by atoms with Crippen molar-refractivity contribution in [2.24, 2.45) is 12.8 Å². The zero-order chi connectivity index (χ0) is 11.7. The van der Waals surface area contributed by atoms with E-state index < -0.39 is 6.04 Å². The predicted molar refractivity (Wildman–Crippen MR) is 56.0 cm³/mol. The molecule has 2 heterocycles. The highest BCUT2D eigenvalue weighted by Gasteiger charge is 2.32. The van der Waals surface area contributed by atoms with Gasteiger partial charge < -0.3 is 10.3 Å². The summed E-state index contributed by atoms with van der Waals surface area (Å²) in [6.45, 7) is 0.203. The van der Waals surface area contributed by atoms with Gasteiger partial charge in [-0.1, -0.05) is 0 Å². The van der Waals surface area contributed by atoms with Crippen LogP contribution in [0.25, 0.3) is 0 Å². The number of amides is 2. The molecule has 0 radical (unpaired) electrons. The molecule has 1 aromatic rings. The standard InChI is InChI=1S/C10H14N4O2/c1-13-5-4-12-8(13)6-14-9(15)3-2-7(11)10(14)16/h4-5,7H,2-3,6,11H2,1H3/t7-/m0/s1. The van der Waals surface area contributed by atoms with Crippen LogP contribution in [0.4, 0.5) is 0 Å². The summed E-state index contributed by atoms with van der Waals surface area (Å²) in [6, 6.07) is -0.557. The molecule has 2 N–H and O–H groups in total. The van der Waals surface area contributed by atoms with Crippen molar-refractivity contribution in [3.8, 4) is 0 Å². The van der Waals surface area contributed by atoms with Crippen LogP contribution in [0.2, 0.25) is 0 Å². The molecule has 1 saturated heterocycles. The number of nitrogens with zero attached hydrogens (tertiary/aromatic N) is 3. The molecular formula is C10H14N4O2. The number of aryl methyl sites for hydroxylation is 1. The van der Waals surface area contributed by atoms with Crippen LogP contribution in [0.3, 0.4) is 0 Å². The number of likely N-dealkylation sites (tertiary alicyclic amines) is 1. The molecule has 1 aliphatic heterocycles. The Balaban J connectivity index is 2.16. The Labute approximate surface area is 93.0 Å². The number of imidazole rings is 1. The summed E-state index contributed by atoms with van der Waals surface area (Å²) < 4.78 is 1.78.